The van der Waals surface area contributed by atoms with Crippen molar-refractivity contribution in [2.24, 2.45) is 0 Å². The fourth-order valence-electron chi connectivity index (χ4n) is 1.47. The van der Waals surface area contributed by atoms with Gasteiger partial charge in [-0.3, -0.25) is 0 Å². The Bertz CT molecular complexity index is 459. The van der Waals surface area contributed by atoms with Gasteiger partial charge in [-0.1, -0.05) is 49.2 Å². The van der Waals surface area contributed by atoms with Crippen molar-refractivity contribution in [2.75, 3.05) is 0 Å². The Morgan fingerprint density at radius 1 is 1.19 bits per heavy atom. The van der Waals surface area contributed by atoms with Crippen molar-refractivity contribution in [3.8, 4) is 11.8 Å². The van der Waals surface area contributed by atoms with Gasteiger partial charge < -0.3 is 4.74 Å². The van der Waals surface area contributed by atoms with E-state index in [0.717, 1.165) is 11.3 Å². The van der Waals surface area contributed by atoms with Gasteiger partial charge in [0.05, 0.1) is 0 Å². The van der Waals surface area contributed by atoms with Crippen LogP contribution in [-0.4, -0.2) is 20.6 Å². The van der Waals surface area contributed by atoms with E-state index < -0.39 is 0 Å². The van der Waals surface area contributed by atoms with Gasteiger partial charge >= 0.3 is 6.01 Å². The molecule has 0 atom stereocenters. The zero-order valence-electron chi connectivity index (χ0n) is 9.56. The minimum Gasteiger partial charge on any atom is -0.422 e. The molecule has 0 aliphatic carbocycles. The number of tetrazole rings is 1. The topological polar surface area (TPSA) is 63.7 Å². The zero-order valence-corrected chi connectivity index (χ0v) is 9.56. The molecule has 0 bridgehead atoms. The van der Waals surface area contributed by atoms with Crippen molar-refractivity contribution in [1.29, 1.82) is 0 Å². The number of hydrogen-bond acceptors (Lipinski definition) is 4. The van der Waals surface area contributed by atoms with Crippen LogP contribution in [0.25, 0.3) is 0 Å². The fraction of sp³-hybridized carbons (Fsp3) is 0.364. The number of nitrogens with one attached hydrogen (secondary N) is 1. The van der Waals surface area contributed by atoms with Crippen molar-refractivity contribution in [2.45, 2.75) is 26.2 Å². The number of ether oxygens (including phenoxy) is 1. The van der Waals surface area contributed by atoms with Gasteiger partial charge in [0.1, 0.15) is 5.75 Å². The van der Waals surface area contributed by atoms with E-state index in [4.69, 9.17) is 4.74 Å². The van der Waals surface area contributed by atoms with Gasteiger partial charge in [0.15, 0.2) is 0 Å². The highest BCUT2D eigenvalue weighted by Crippen LogP contribution is 2.32. The molecule has 0 saturated heterocycles. The number of aromatic amines is 1. The van der Waals surface area contributed by atoms with Gasteiger partial charge in [-0.25, -0.2) is 0 Å². The van der Waals surface area contributed by atoms with Crippen LogP contribution in [0.5, 0.6) is 11.8 Å². The number of rotatable bonds is 2. The molecule has 0 saturated carbocycles. The highest BCUT2D eigenvalue weighted by Gasteiger charge is 2.19. The molecule has 2 aromatic rings. The van der Waals surface area contributed by atoms with Crippen molar-refractivity contribution in [1.82, 2.24) is 20.6 Å². The summed E-state index contributed by atoms with van der Waals surface area (Å²) in [5.41, 5.74) is 1.13. The second-order valence-corrected chi connectivity index (χ2v) is 4.54. The number of para-hydroxylation sites is 1. The second kappa shape index (κ2) is 3.92. The third kappa shape index (κ3) is 2.18. The Morgan fingerprint density at radius 2 is 1.94 bits per heavy atom. The summed E-state index contributed by atoms with van der Waals surface area (Å²) in [5, 5.41) is 13.3. The maximum absolute atomic E-state index is 5.56. The van der Waals surface area contributed by atoms with E-state index >= 15 is 0 Å². The Balaban J connectivity index is 2.34. The van der Waals surface area contributed by atoms with Crippen LogP contribution in [0.4, 0.5) is 0 Å². The van der Waals surface area contributed by atoms with E-state index in [2.05, 4.69) is 41.4 Å². The molecule has 0 aliphatic rings. The van der Waals surface area contributed by atoms with Gasteiger partial charge in [0.25, 0.3) is 0 Å². The predicted molar refractivity (Wildman–Crippen MR) is 59.4 cm³/mol. The van der Waals surface area contributed by atoms with Crippen LogP contribution < -0.4 is 4.74 Å². The van der Waals surface area contributed by atoms with Gasteiger partial charge in [0, 0.05) is 5.56 Å². The molecule has 0 aliphatic heterocycles. The molecule has 0 amide bonds. The lowest BCUT2D eigenvalue weighted by atomic mass is 9.86. The van der Waals surface area contributed by atoms with E-state index in [0.29, 0.717) is 0 Å². The average molecular weight is 218 g/mol. The summed E-state index contributed by atoms with van der Waals surface area (Å²) < 4.78 is 5.56. The number of H-pyrrole nitrogens is 1. The Kier molecular flexibility index (Phi) is 2.60. The molecule has 0 spiro atoms. The van der Waals surface area contributed by atoms with E-state index in [1.165, 1.54) is 0 Å². The van der Waals surface area contributed by atoms with E-state index in [1.807, 2.05) is 24.3 Å². The first-order valence-electron chi connectivity index (χ1n) is 5.08. The molecule has 1 heterocycles. The summed E-state index contributed by atoms with van der Waals surface area (Å²) in [6.45, 7) is 6.39. The maximum atomic E-state index is 5.56. The molecular weight excluding hydrogens is 204 g/mol. The van der Waals surface area contributed by atoms with Crippen LogP contribution in [0.1, 0.15) is 26.3 Å². The third-order valence-corrected chi connectivity index (χ3v) is 2.22. The van der Waals surface area contributed by atoms with Gasteiger partial charge in [-0.2, -0.15) is 5.21 Å². The smallest absolute Gasteiger partial charge is 0.361 e. The summed E-state index contributed by atoms with van der Waals surface area (Å²) >= 11 is 0. The third-order valence-electron chi connectivity index (χ3n) is 2.22. The lowest BCUT2D eigenvalue weighted by Crippen LogP contribution is -2.12. The van der Waals surface area contributed by atoms with Gasteiger partial charge in [-0.15, -0.1) is 0 Å². The number of nitrogens with zero attached hydrogens (tertiary/aromatic N) is 3. The largest absolute Gasteiger partial charge is 0.422 e. The molecule has 2 rings (SSSR count). The normalized spacial score (nSPS) is 11.4. The molecule has 84 valence electrons. The zero-order chi connectivity index (χ0) is 11.6. The standard InChI is InChI=1S/C11H14N4O/c1-11(2,3)8-6-4-5-7-9(8)16-10-12-14-15-13-10/h4-7H,1-3H3,(H,12,13,14,15). The maximum Gasteiger partial charge on any atom is 0.361 e. The first-order valence-corrected chi connectivity index (χ1v) is 5.08. The summed E-state index contributed by atoms with van der Waals surface area (Å²) in [5.74, 6) is 0.761. The summed E-state index contributed by atoms with van der Waals surface area (Å²) in [6, 6.07) is 8.08. The second-order valence-electron chi connectivity index (χ2n) is 4.54. The van der Waals surface area contributed by atoms with Crippen molar-refractivity contribution < 1.29 is 4.74 Å². The minimum absolute atomic E-state index is 0.0142. The number of hydrogen-bond donors (Lipinski definition) is 1. The number of benzene rings is 1. The van der Waals surface area contributed by atoms with Crippen LogP contribution in [0.2, 0.25) is 0 Å². The van der Waals surface area contributed by atoms with Crippen LogP contribution in [-0.2, 0) is 5.41 Å². The highest BCUT2D eigenvalue weighted by molar-refractivity contribution is 5.39. The molecule has 5 heteroatoms. The SMILES string of the molecule is CC(C)(C)c1ccccc1Oc1nn[nH]n1. The summed E-state index contributed by atoms with van der Waals surface area (Å²) in [4.78, 5) is 0. The fourth-order valence-corrected chi connectivity index (χ4v) is 1.47. The molecule has 0 radical (unpaired) electrons. The van der Waals surface area contributed by atoms with Crippen LogP contribution >= 0.6 is 0 Å². The van der Waals surface area contributed by atoms with E-state index in [9.17, 15) is 0 Å². The minimum atomic E-state index is 0.0142. The average Bonchev–Trinajstić information content (AvgIpc) is 2.70. The lowest BCUT2D eigenvalue weighted by Gasteiger charge is -2.21. The molecular formula is C11H14N4O. The Morgan fingerprint density at radius 3 is 2.56 bits per heavy atom. The van der Waals surface area contributed by atoms with Crippen molar-refractivity contribution in [3.63, 3.8) is 0 Å². The predicted octanol–water partition coefficient (Wildman–Crippen LogP) is 2.29. The summed E-state index contributed by atoms with van der Waals surface area (Å²) in [6.07, 6.45) is 0. The molecule has 5 nitrogen and oxygen atoms in total. The monoisotopic (exact) mass is 218 g/mol. The van der Waals surface area contributed by atoms with Crippen LogP contribution in [0.15, 0.2) is 24.3 Å². The first-order chi connectivity index (χ1) is 7.57. The lowest BCUT2D eigenvalue weighted by molar-refractivity contribution is 0.423. The highest BCUT2D eigenvalue weighted by atomic mass is 16.5. The first kappa shape index (κ1) is 10.6. The molecule has 16 heavy (non-hydrogen) atoms. The van der Waals surface area contributed by atoms with Crippen LogP contribution in [0.3, 0.4) is 0 Å². The van der Waals surface area contributed by atoms with Crippen molar-refractivity contribution in [3.05, 3.63) is 29.8 Å². The van der Waals surface area contributed by atoms with Crippen LogP contribution in [0, 0.1) is 0 Å². The van der Waals surface area contributed by atoms with Gasteiger partial charge in [0.2, 0.25) is 0 Å². The molecule has 1 aromatic heterocycles. The van der Waals surface area contributed by atoms with E-state index in [1.54, 1.807) is 0 Å². The molecule has 0 unspecified atom stereocenters. The molecule has 1 aromatic carbocycles. The molecule has 1 N–H and O–H groups in total. The Hall–Kier alpha value is -1.91. The summed E-state index contributed by atoms with van der Waals surface area (Å²) in [7, 11) is 0. The quantitative estimate of drug-likeness (QED) is 0.840. The molecule has 0 fully saturated rings. The van der Waals surface area contributed by atoms with Crippen molar-refractivity contribution >= 4 is 0 Å². The van der Waals surface area contributed by atoms with E-state index in [-0.39, 0.29) is 11.4 Å². The Labute approximate surface area is 93.8 Å². The number of aromatic nitrogens is 4. The van der Waals surface area contributed by atoms with Gasteiger partial charge in [-0.05, 0) is 16.7 Å².